The van der Waals surface area contributed by atoms with Crippen LogP contribution in [-0.2, 0) is 4.74 Å². The summed E-state index contributed by atoms with van der Waals surface area (Å²) in [6, 6.07) is 3.82. The molecule has 160 valence electrons. The Morgan fingerprint density at radius 3 is 2.67 bits per heavy atom. The van der Waals surface area contributed by atoms with Gasteiger partial charge in [-0.25, -0.2) is 15.0 Å². The van der Waals surface area contributed by atoms with Crippen molar-refractivity contribution in [3.05, 3.63) is 24.5 Å². The molecule has 4 rings (SSSR count). The maximum absolute atomic E-state index is 5.64. The summed E-state index contributed by atoms with van der Waals surface area (Å²) in [4.78, 5) is 20.3. The molecule has 2 aliphatic rings. The summed E-state index contributed by atoms with van der Waals surface area (Å²) in [6.45, 7) is 3.53. The smallest absolute Gasteiger partial charge is 0.232 e. The van der Waals surface area contributed by atoms with Gasteiger partial charge in [0.1, 0.15) is 10.8 Å². The highest BCUT2D eigenvalue weighted by atomic mass is 32.2. The van der Waals surface area contributed by atoms with Crippen LogP contribution >= 0.6 is 24.0 Å². The van der Waals surface area contributed by atoms with E-state index in [1.165, 1.54) is 37.4 Å². The topological polar surface area (TPSA) is 88.1 Å². The van der Waals surface area contributed by atoms with Gasteiger partial charge in [-0.2, -0.15) is 4.98 Å². The van der Waals surface area contributed by atoms with Crippen molar-refractivity contribution in [3.63, 3.8) is 0 Å². The number of rotatable bonds is 6. The average molecular weight is 446 g/mol. The fourth-order valence-corrected chi connectivity index (χ4v) is 4.46. The second-order valence-electron chi connectivity index (χ2n) is 7.39. The van der Waals surface area contributed by atoms with Crippen molar-refractivity contribution >= 4 is 40.9 Å². The largest absolute Gasteiger partial charge is 0.376 e. The summed E-state index contributed by atoms with van der Waals surface area (Å²) in [5.74, 6) is 1.40. The lowest BCUT2D eigenvalue weighted by molar-refractivity contribution is 0.114. The molecule has 0 saturated carbocycles. The van der Waals surface area contributed by atoms with E-state index in [2.05, 4.69) is 30.5 Å². The molecule has 2 aliphatic heterocycles. The quantitative estimate of drug-likeness (QED) is 0.392. The second kappa shape index (κ2) is 10.8. The molecule has 0 unspecified atom stereocenters. The Kier molecular flexibility index (Phi) is 7.65. The predicted molar refractivity (Wildman–Crippen MR) is 122 cm³/mol. The Hall–Kier alpha value is -2.04. The minimum atomic E-state index is 0.218. The minimum absolute atomic E-state index is 0.218. The van der Waals surface area contributed by atoms with Crippen LogP contribution in [-0.4, -0.2) is 57.4 Å². The summed E-state index contributed by atoms with van der Waals surface area (Å²) >= 11 is 6.88. The van der Waals surface area contributed by atoms with Gasteiger partial charge >= 0.3 is 0 Å². The van der Waals surface area contributed by atoms with Crippen molar-refractivity contribution in [2.45, 2.75) is 54.8 Å². The molecule has 2 N–H and O–H groups in total. The molecule has 0 bridgehead atoms. The first-order chi connectivity index (χ1) is 14.8. The molecule has 0 aromatic carbocycles. The maximum Gasteiger partial charge on any atom is 0.232 e. The monoisotopic (exact) mass is 445 g/mol. The summed E-state index contributed by atoms with van der Waals surface area (Å²) in [7, 11) is 0. The minimum Gasteiger partial charge on any atom is -0.376 e. The molecule has 1 atom stereocenters. The van der Waals surface area contributed by atoms with E-state index in [4.69, 9.17) is 21.9 Å². The molecule has 8 nitrogen and oxygen atoms in total. The number of hydrogen-bond acceptors (Lipinski definition) is 8. The van der Waals surface area contributed by atoms with Crippen molar-refractivity contribution < 1.29 is 4.74 Å². The third kappa shape index (κ3) is 6.23. The van der Waals surface area contributed by atoms with E-state index in [9.17, 15) is 0 Å². The highest BCUT2D eigenvalue weighted by molar-refractivity contribution is 7.99. The summed E-state index contributed by atoms with van der Waals surface area (Å²) < 4.78 is 5.64. The van der Waals surface area contributed by atoms with Gasteiger partial charge in [0.25, 0.3) is 0 Å². The van der Waals surface area contributed by atoms with E-state index in [-0.39, 0.29) is 6.10 Å². The van der Waals surface area contributed by atoms with Crippen LogP contribution in [0.5, 0.6) is 0 Å². The van der Waals surface area contributed by atoms with Crippen molar-refractivity contribution in [2.24, 2.45) is 0 Å². The Labute approximate surface area is 186 Å². The number of ether oxygens (including phenoxy) is 1. The molecule has 0 radical (unpaired) electrons. The van der Waals surface area contributed by atoms with Gasteiger partial charge in [-0.15, -0.1) is 0 Å². The molecule has 2 fully saturated rings. The fraction of sp³-hybridized carbons (Fsp3) is 0.550. The zero-order chi connectivity index (χ0) is 20.6. The van der Waals surface area contributed by atoms with Crippen LogP contribution in [0.2, 0.25) is 0 Å². The first-order valence-electron chi connectivity index (χ1n) is 10.5. The third-order valence-corrected chi connectivity index (χ3v) is 6.15. The number of hydrogen-bond donors (Lipinski definition) is 2. The summed E-state index contributed by atoms with van der Waals surface area (Å²) in [5.41, 5.74) is 0. The van der Waals surface area contributed by atoms with E-state index in [1.54, 1.807) is 18.5 Å². The van der Waals surface area contributed by atoms with Crippen LogP contribution in [0.25, 0.3) is 0 Å². The van der Waals surface area contributed by atoms with Crippen LogP contribution in [0, 0.1) is 0 Å². The molecule has 0 aliphatic carbocycles. The lowest BCUT2D eigenvalue weighted by Gasteiger charge is -2.22. The Balaban J connectivity index is 1.49. The van der Waals surface area contributed by atoms with Crippen molar-refractivity contribution in [3.8, 4) is 0 Å². The predicted octanol–water partition coefficient (Wildman–Crippen LogP) is 3.26. The lowest BCUT2D eigenvalue weighted by Crippen LogP contribution is -2.35. The van der Waals surface area contributed by atoms with Crippen molar-refractivity contribution in [2.75, 3.05) is 36.5 Å². The Morgan fingerprint density at radius 1 is 1.13 bits per heavy atom. The standard InChI is InChI=1S/C20H27N7OS2/c29-19(23-14-15-7-5-12-28-15)26-18-24-16(27-10-3-1-2-4-11-27)13-17(25-18)30-20-21-8-6-9-22-20/h6,8-9,13,15H,1-5,7,10-12,14H2,(H2,23,24,25,26,29)/t15-/m1/s1. The lowest BCUT2D eigenvalue weighted by atomic mass is 10.2. The van der Waals surface area contributed by atoms with Gasteiger partial charge < -0.3 is 20.3 Å². The van der Waals surface area contributed by atoms with E-state index in [0.29, 0.717) is 22.8 Å². The maximum atomic E-state index is 5.64. The average Bonchev–Trinajstić information content (AvgIpc) is 3.13. The van der Waals surface area contributed by atoms with E-state index < -0.39 is 0 Å². The Bertz CT molecular complexity index is 825. The molecule has 2 saturated heterocycles. The Morgan fingerprint density at radius 2 is 1.93 bits per heavy atom. The molecule has 0 amide bonds. The first kappa shape index (κ1) is 21.2. The number of thiocarbonyl (C=S) groups is 1. The SMILES string of the molecule is S=C(NC[C@H]1CCCO1)Nc1nc(Sc2ncccn2)cc(N2CCCCCC2)n1. The molecule has 2 aromatic rings. The third-order valence-electron chi connectivity index (χ3n) is 5.10. The normalized spacial score (nSPS) is 19.3. The van der Waals surface area contributed by atoms with Gasteiger partial charge in [-0.3, -0.25) is 0 Å². The molecule has 2 aromatic heterocycles. The highest BCUT2D eigenvalue weighted by Gasteiger charge is 2.17. The zero-order valence-electron chi connectivity index (χ0n) is 16.9. The molecule has 4 heterocycles. The first-order valence-corrected chi connectivity index (χ1v) is 11.7. The van der Waals surface area contributed by atoms with Gasteiger partial charge in [0.05, 0.1) is 6.10 Å². The zero-order valence-corrected chi connectivity index (χ0v) is 18.6. The summed E-state index contributed by atoms with van der Waals surface area (Å²) in [6.07, 6.45) is 10.7. The van der Waals surface area contributed by atoms with Gasteiger partial charge in [-0.1, -0.05) is 12.8 Å². The molecular weight excluding hydrogens is 418 g/mol. The van der Waals surface area contributed by atoms with Crippen LogP contribution in [0.4, 0.5) is 11.8 Å². The van der Waals surface area contributed by atoms with Crippen LogP contribution in [0.1, 0.15) is 38.5 Å². The molecule has 30 heavy (non-hydrogen) atoms. The number of nitrogens with zero attached hydrogens (tertiary/aromatic N) is 5. The number of aromatic nitrogens is 4. The van der Waals surface area contributed by atoms with E-state index in [1.807, 2.05) is 6.07 Å². The van der Waals surface area contributed by atoms with Gasteiger partial charge in [-0.05, 0) is 55.7 Å². The van der Waals surface area contributed by atoms with Gasteiger partial charge in [0.2, 0.25) is 5.95 Å². The molecular formula is C20H27N7OS2. The molecule has 10 heteroatoms. The van der Waals surface area contributed by atoms with E-state index >= 15 is 0 Å². The fourth-order valence-electron chi connectivity index (χ4n) is 3.57. The second-order valence-corrected chi connectivity index (χ2v) is 8.79. The highest BCUT2D eigenvalue weighted by Crippen LogP contribution is 2.28. The van der Waals surface area contributed by atoms with Crippen LogP contribution < -0.4 is 15.5 Å². The number of nitrogens with one attached hydrogen (secondary N) is 2. The van der Waals surface area contributed by atoms with Crippen molar-refractivity contribution in [1.82, 2.24) is 25.3 Å². The van der Waals surface area contributed by atoms with Gasteiger partial charge in [0, 0.05) is 44.7 Å². The van der Waals surface area contributed by atoms with Crippen LogP contribution in [0.3, 0.4) is 0 Å². The van der Waals surface area contributed by atoms with Crippen molar-refractivity contribution in [1.29, 1.82) is 0 Å². The van der Waals surface area contributed by atoms with Crippen LogP contribution in [0.15, 0.2) is 34.7 Å². The van der Waals surface area contributed by atoms with E-state index in [0.717, 1.165) is 43.4 Å². The number of anilines is 2. The molecule has 0 spiro atoms. The van der Waals surface area contributed by atoms with Gasteiger partial charge in [0.15, 0.2) is 10.3 Å². The summed E-state index contributed by atoms with van der Waals surface area (Å²) in [5, 5.41) is 8.32.